The smallest absolute Gasteiger partial charge is 0.369 e. The molecular weight excluding hydrogens is 322 g/mol. The van der Waals surface area contributed by atoms with E-state index in [1.165, 1.54) is 12.3 Å². The topological polar surface area (TPSA) is 93.4 Å². The molecule has 3 N–H and O–H groups in total. The van der Waals surface area contributed by atoms with Crippen molar-refractivity contribution in [2.24, 2.45) is 0 Å². The Kier molecular flexibility index (Phi) is 4.54. The van der Waals surface area contributed by atoms with Crippen LogP contribution in [0.1, 0.15) is 6.92 Å². The van der Waals surface area contributed by atoms with E-state index >= 15 is 0 Å². The van der Waals surface area contributed by atoms with Crippen LogP contribution in [0.4, 0.5) is 0 Å². The van der Waals surface area contributed by atoms with Crippen molar-refractivity contribution in [1.29, 1.82) is 0 Å². The molecule has 3 rings (SSSR count). The van der Waals surface area contributed by atoms with Crippen LogP contribution in [0.2, 0.25) is 0 Å². The minimum atomic E-state index is -0.486. The summed E-state index contributed by atoms with van der Waals surface area (Å²) in [5, 5.41) is 0.413. The molecule has 0 saturated heterocycles. The number of fused-ring (bicyclic) bond motifs is 1. The van der Waals surface area contributed by atoms with Crippen molar-refractivity contribution >= 4 is 16.9 Å². The number of ether oxygens (including phenoxy) is 2. The van der Waals surface area contributed by atoms with Gasteiger partial charge in [-0.05, 0) is 36.8 Å². The van der Waals surface area contributed by atoms with E-state index in [2.05, 4.69) is 5.73 Å². The molecule has 6 nitrogen and oxygen atoms in total. The molecule has 3 aromatic rings. The van der Waals surface area contributed by atoms with Gasteiger partial charge in [0.2, 0.25) is 0 Å². The van der Waals surface area contributed by atoms with Crippen LogP contribution in [0.5, 0.6) is 11.5 Å². The van der Waals surface area contributed by atoms with Gasteiger partial charge in [0.1, 0.15) is 23.3 Å². The van der Waals surface area contributed by atoms with Crippen LogP contribution in [0.3, 0.4) is 0 Å². The van der Waals surface area contributed by atoms with Crippen LogP contribution in [-0.4, -0.2) is 19.1 Å². The van der Waals surface area contributed by atoms with Gasteiger partial charge in [-0.25, -0.2) is 4.79 Å². The number of carbonyl (C=O) groups is 1. The first-order valence-corrected chi connectivity index (χ1v) is 7.74. The van der Waals surface area contributed by atoms with Crippen molar-refractivity contribution in [3.8, 4) is 22.6 Å². The molecule has 0 saturated carbocycles. The molecule has 0 unspecified atom stereocenters. The van der Waals surface area contributed by atoms with E-state index in [0.717, 1.165) is 5.56 Å². The zero-order valence-electron chi connectivity index (χ0n) is 13.9. The molecule has 0 aliphatic rings. The molecule has 0 amide bonds. The average Bonchev–Trinajstić information content (AvgIpc) is 2.62. The van der Waals surface area contributed by atoms with E-state index in [1.54, 1.807) is 50.4 Å². The van der Waals surface area contributed by atoms with E-state index in [-0.39, 0.29) is 5.43 Å². The van der Waals surface area contributed by atoms with Crippen molar-refractivity contribution in [2.75, 3.05) is 7.11 Å². The van der Waals surface area contributed by atoms with E-state index in [1.807, 2.05) is 0 Å². The highest BCUT2D eigenvalue weighted by atomic mass is 16.5. The second-order valence-corrected chi connectivity index (χ2v) is 5.69. The number of hydrogen-bond acceptors (Lipinski definition) is 5. The second-order valence-electron chi connectivity index (χ2n) is 5.69. The lowest BCUT2D eigenvalue weighted by Gasteiger charge is -2.07. The Morgan fingerprint density at radius 3 is 2.44 bits per heavy atom. The van der Waals surface area contributed by atoms with Gasteiger partial charge >= 0.3 is 5.97 Å². The van der Waals surface area contributed by atoms with Gasteiger partial charge < -0.3 is 19.6 Å². The molecule has 0 spiro atoms. The third-order valence-corrected chi connectivity index (χ3v) is 3.77. The lowest BCUT2D eigenvalue weighted by atomic mass is 10.1. The Morgan fingerprint density at radius 2 is 1.80 bits per heavy atom. The highest BCUT2D eigenvalue weighted by Gasteiger charge is 2.15. The maximum Gasteiger partial charge on any atom is 0.369 e. The van der Waals surface area contributed by atoms with Gasteiger partial charge in [-0.15, -0.1) is 0 Å². The van der Waals surface area contributed by atoms with Gasteiger partial charge in [-0.2, -0.15) is 0 Å². The molecule has 6 heteroatoms. The summed E-state index contributed by atoms with van der Waals surface area (Å²) < 4.78 is 15.9. The number of esters is 1. The minimum absolute atomic E-state index is 0.158. The SMILES string of the molecule is COc1ccc(-c2coc3cc(OC(=O)[C@H](C)[NH3+])ccc3c2=O)cc1. The maximum atomic E-state index is 12.7. The van der Waals surface area contributed by atoms with E-state index in [0.29, 0.717) is 28.0 Å². The molecule has 1 atom stereocenters. The van der Waals surface area contributed by atoms with Gasteiger partial charge in [0.15, 0.2) is 11.5 Å². The average molecular weight is 340 g/mol. The van der Waals surface area contributed by atoms with Crippen molar-refractivity contribution in [3.63, 3.8) is 0 Å². The van der Waals surface area contributed by atoms with Crippen LogP contribution >= 0.6 is 0 Å². The lowest BCUT2D eigenvalue weighted by Crippen LogP contribution is -2.64. The van der Waals surface area contributed by atoms with Crippen molar-refractivity contribution in [3.05, 3.63) is 59.0 Å². The zero-order valence-corrected chi connectivity index (χ0v) is 13.9. The third kappa shape index (κ3) is 3.39. The third-order valence-electron chi connectivity index (χ3n) is 3.77. The summed E-state index contributed by atoms with van der Waals surface area (Å²) in [6.07, 6.45) is 1.40. The van der Waals surface area contributed by atoms with Crippen LogP contribution in [0.15, 0.2) is 57.9 Å². The van der Waals surface area contributed by atoms with Gasteiger partial charge in [0.05, 0.1) is 18.1 Å². The van der Waals surface area contributed by atoms with Crippen molar-refractivity contribution < 1.29 is 24.4 Å². The summed E-state index contributed by atoms with van der Waals surface area (Å²) in [4.78, 5) is 24.3. The fourth-order valence-corrected chi connectivity index (χ4v) is 2.36. The Morgan fingerprint density at radius 1 is 1.12 bits per heavy atom. The molecule has 0 aliphatic carbocycles. The number of methoxy groups -OCH3 is 1. The first-order valence-electron chi connectivity index (χ1n) is 7.74. The Labute approximate surface area is 143 Å². The Bertz CT molecular complexity index is 973. The summed E-state index contributed by atoms with van der Waals surface area (Å²) in [7, 11) is 1.58. The lowest BCUT2D eigenvalue weighted by molar-refractivity contribution is -0.401. The molecule has 0 bridgehead atoms. The summed E-state index contributed by atoms with van der Waals surface area (Å²) in [6, 6.07) is 11.3. The van der Waals surface area contributed by atoms with Crippen molar-refractivity contribution in [1.82, 2.24) is 0 Å². The molecule has 128 valence electrons. The number of carbonyl (C=O) groups excluding carboxylic acids is 1. The zero-order chi connectivity index (χ0) is 18.0. The van der Waals surface area contributed by atoms with Crippen molar-refractivity contribution in [2.45, 2.75) is 13.0 Å². The molecule has 2 aromatic carbocycles. The predicted octanol–water partition coefficient (Wildman–Crippen LogP) is 2.00. The van der Waals surface area contributed by atoms with Gasteiger partial charge in [-0.1, -0.05) is 12.1 Å². The Hall–Kier alpha value is -3.12. The first kappa shape index (κ1) is 16.7. The highest BCUT2D eigenvalue weighted by molar-refractivity contribution is 5.84. The van der Waals surface area contributed by atoms with E-state index in [4.69, 9.17) is 13.9 Å². The second kappa shape index (κ2) is 6.78. The standard InChI is InChI=1S/C19H17NO5/c1-11(20)19(22)25-14-7-8-15-17(9-14)24-10-16(18(15)21)12-3-5-13(23-2)6-4-12/h3-11H,20H2,1-2H3/p+1/t11-/m0/s1. The number of hydrogen-bond donors (Lipinski definition) is 1. The van der Waals surface area contributed by atoms with Gasteiger partial charge in [0, 0.05) is 6.07 Å². The number of quaternary nitrogens is 1. The largest absolute Gasteiger partial charge is 0.497 e. The minimum Gasteiger partial charge on any atom is -0.497 e. The van der Waals surface area contributed by atoms with Crippen LogP contribution in [0, 0.1) is 0 Å². The highest BCUT2D eigenvalue weighted by Crippen LogP contribution is 2.24. The molecule has 1 aromatic heterocycles. The number of benzene rings is 2. The van der Waals surface area contributed by atoms with Crippen LogP contribution < -0.4 is 20.6 Å². The fourth-order valence-electron chi connectivity index (χ4n) is 2.36. The normalized spacial score (nSPS) is 12.0. The summed E-state index contributed by atoms with van der Waals surface area (Å²) in [5.41, 5.74) is 4.99. The van der Waals surface area contributed by atoms with E-state index in [9.17, 15) is 9.59 Å². The van der Waals surface area contributed by atoms with Crippen LogP contribution in [0.25, 0.3) is 22.1 Å². The maximum absolute atomic E-state index is 12.7. The molecule has 0 fully saturated rings. The number of rotatable bonds is 4. The predicted molar refractivity (Wildman–Crippen MR) is 92.5 cm³/mol. The molecule has 0 radical (unpaired) electrons. The Balaban J connectivity index is 2.00. The summed E-state index contributed by atoms with van der Waals surface area (Å²) in [6.45, 7) is 1.64. The van der Waals surface area contributed by atoms with Gasteiger partial charge in [0.25, 0.3) is 0 Å². The fraction of sp³-hybridized carbons (Fsp3) is 0.158. The molecular formula is C19H18NO5+. The quantitative estimate of drug-likeness (QED) is 0.579. The van der Waals surface area contributed by atoms with Gasteiger partial charge in [-0.3, -0.25) is 4.79 Å². The summed E-state index contributed by atoms with van der Waals surface area (Å²) >= 11 is 0. The molecule has 0 aliphatic heterocycles. The first-order chi connectivity index (χ1) is 12.0. The monoisotopic (exact) mass is 340 g/mol. The summed E-state index contributed by atoms with van der Waals surface area (Å²) in [5.74, 6) is 0.574. The van der Waals surface area contributed by atoms with E-state index < -0.39 is 12.0 Å². The molecule has 1 heterocycles. The van der Waals surface area contributed by atoms with Crippen LogP contribution in [-0.2, 0) is 4.79 Å². The molecule has 25 heavy (non-hydrogen) atoms.